The van der Waals surface area contributed by atoms with Gasteiger partial charge in [0.15, 0.2) is 0 Å². The first kappa shape index (κ1) is 15.6. The van der Waals surface area contributed by atoms with Gasteiger partial charge in [-0.2, -0.15) is 0 Å². The van der Waals surface area contributed by atoms with E-state index in [1.807, 2.05) is 33.0 Å². The van der Waals surface area contributed by atoms with E-state index in [1.165, 1.54) is 0 Å². The fraction of sp³-hybridized carbons (Fsp3) is 0.444. The Labute approximate surface area is 136 Å². The van der Waals surface area contributed by atoms with E-state index in [9.17, 15) is 4.79 Å². The molecular weight excluding hydrogens is 290 g/mol. The Morgan fingerprint density at radius 1 is 1.13 bits per heavy atom. The third kappa shape index (κ3) is 3.73. The molecular formula is C18H23N3O2. The van der Waals surface area contributed by atoms with Crippen molar-refractivity contribution in [1.82, 2.24) is 9.88 Å². The molecule has 5 nitrogen and oxygen atoms in total. The average Bonchev–Trinajstić information content (AvgIpc) is 2.53. The number of benzene rings is 1. The van der Waals surface area contributed by atoms with Gasteiger partial charge < -0.3 is 14.5 Å². The van der Waals surface area contributed by atoms with Crippen molar-refractivity contribution in [2.45, 2.75) is 26.4 Å². The number of carbonyl (C=O) groups excluding carboxylic acids is 1. The summed E-state index contributed by atoms with van der Waals surface area (Å²) < 4.78 is 5.43. The number of carbonyl (C=O) groups is 1. The summed E-state index contributed by atoms with van der Waals surface area (Å²) in [6.07, 6.45) is 1.59. The summed E-state index contributed by atoms with van der Waals surface area (Å²) in [4.78, 5) is 20.6. The van der Waals surface area contributed by atoms with Crippen LogP contribution in [0.1, 0.15) is 20.8 Å². The molecule has 5 heteroatoms. The first-order valence-electron chi connectivity index (χ1n) is 8.00. The van der Waals surface area contributed by atoms with E-state index >= 15 is 0 Å². The standard InChI is InChI=1S/C18H23N3O2/c1-18(2,3)23-17(22)21-11-9-20(10-12-21)15-7-6-14-5-4-8-19-16(14)13-15/h4-8,13H,9-12H2,1-3H3. The fourth-order valence-corrected chi connectivity index (χ4v) is 2.73. The van der Waals surface area contributed by atoms with Gasteiger partial charge in [0.2, 0.25) is 0 Å². The Morgan fingerprint density at radius 3 is 2.57 bits per heavy atom. The van der Waals surface area contributed by atoms with Crippen LogP contribution in [0.15, 0.2) is 36.5 Å². The highest BCUT2D eigenvalue weighted by atomic mass is 16.6. The molecule has 23 heavy (non-hydrogen) atoms. The van der Waals surface area contributed by atoms with Gasteiger partial charge in [-0.05, 0) is 39.0 Å². The maximum absolute atomic E-state index is 12.1. The van der Waals surface area contributed by atoms with E-state index < -0.39 is 5.60 Å². The summed E-state index contributed by atoms with van der Waals surface area (Å²) in [5.74, 6) is 0. The van der Waals surface area contributed by atoms with Crippen LogP contribution in [0, 0.1) is 0 Å². The maximum atomic E-state index is 12.1. The van der Waals surface area contributed by atoms with Crippen LogP contribution in [-0.2, 0) is 4.74 Å². The number of ether oxygens (including phenoxy) is 1. The molecule has 0 saturated carbocycles. The van der Waals surface area contributed by atoms with Crippen LogP contribution >= 0.6 is 0 Å². The minimum atomic E-state index is -0.446. The molecule has 3 rings (SSSR count). The number of hydrogen-bond acceptors (Lipinski definition) is 4. The predicted octanol–water partition coefficient (Wildman–Crippen LogP) is 3.29. The third-order valence-electron chi connectivity index (χ3n) is 3.89. The lowest BCUT2D eigenvalue weighted by atomic mass is 10.1. The van der Waals surface area contributed by atoms with Gasteiger partial charge in [-0.3, -0.25) is 4.98 Å². The lowest BCUT2D eigenvalue weighted by molar-refractivity contribution is 0.0240. The molecule has 1 saturated heterocycles. The smallest absolute Gasteiger partial charge is 0.410 e. The highest BCUT2D eigenvalue weighted by molar-refractivity contribution is 5.82. The normalized spacial score (nSPS) is 15.8. The summed E-state index contributed by atoms with van der Waals surface area (Å²) >= 11 is 0. The van der Waals surface area contributed by atoms with Crippen LogP contribution in [-0.4, -0.2) is 47.8 Å². The van der Waals surface area contributed by atoms with Crippen molar-refractivity contribution in [2.24, 2.45) is 0 Å². The quantitative estimate of drug-likeness (QED) is 0.810. The third-order valence-corrected chi connectivity index (χ3v) is 3.89. The lowest BCUT2D eigenvalue weighted by Gasteiger charge is -2.36. The minimum Gasteiger partial charge on any atom is -0.444 e. The molecule has 2 heterocycles. The molecule has 1 fully saturated rings. The first-order valence-corrected chi connectivity index (χ1v) is 8.00. The number of amides is 1. The van der Waals surface area contributed by atoms with Crippen LogP contribution in [0.4, 0.5) is 10.5 Å². The number of hydrogen-bond donors (Lipinski definition) is 0. The van der Waals surface area contributed by atoms with Gasteiger partial charge in [-0.25, -0.2) is 4.79 Å². The van der Waals surface area contributed by atoms with Crippen molar-refractivity contribution in [3.05, 3.63) is 36.5 Å². The van der Waals surface area contributed by atoms with Crippen molar-refractivity contribution in [1.29, 1.82) is 0 Å². The fourth-order valence-electron chi connectivity index (χ4n) is 2.73. The predicted molar refractivity (Wildman–Crippen MR) is 91.8 cm³/mol. The Balaban J connectivity index is 1.65. The SMILES string of the molecule is CC(C)(C)OC(=O)N1CCN(c2ccc3cccnc3c2)CC1. The van der Waals surface area contributed by atoms with Crippen LogP contribution in [0.5, 0.6) is 0 Å². The largest absolute Gasteiger partial charge is 0.444 e. The first-order chi connectivity index (χ1) is 10.9. The molecule has 122 valence electrons. The zero-order chi connectivity index (χ0) is 16.4. The molecule has 0 atom stereocenters. The Morgan fingerprint density at radius 2 is 1.87 bits per heavy atom. The summed E-state index contributed by atoms with van der Waals surface area (Å²) in [5, 5.41) is 1.14. The van der Waals surface area contributed by atoms with Gasteiger partial charge in [-0.1, -0.05) is 12.1 Å². The number of aromatic nitrogens is 1. The van der Waals surface area contributed by atoms with E-state index in [0.29, 0.717) is 13.1 Å². The second-order valence-electron chi connectivity index (χ2n) is 6.83. The van der Waals surface area contributed by atoms with E-state index in [4.69, 9.17) is 4.74 Å². The second kappa shape index (κ2) is 6.07. The van der Waals surface area contributed by atoms with Crippen molar-refractivity contribution in [2.75, 3.05) is 31.1 Å². The molecule has 1 aromatic carbocycles. The van der Waals surface area contributed by atoms with Crippen LogP contribution in [0.3, 0.4) is 0 Å². The number of piperazine rings is 1. The molecule has 0 unspecified atom stereocenters. The zero-order valence-corrected chi connectivity index (χ0v) is 14.0. The van der Waals surface area contributed by atoms with E-state index in [0.717, 1.165) is 29.7 Å². The molecule has 1 amide bonds. The molecule has 1 aliphatic heterocycles. The topological polar surface area (TPSA) is 45.7 Å². The molecule has 1 aliphatic rings. The van der Waals surface area contributed by atoms with E-state index in [2.05, 4.69) is 34.1 Å². The summed E-state index contributed by atoms with van der Waals surface area (Å²) in [6, 6.07) is 10.3. The van der Waals surface area contributed by atoms with Gasteiger partial charge in [0, 0.05) is 43.4 Å². The number of anilines is 1. The zero-order valence-electron chi connectivity index (χ0n) is 14.0. The monoisotopic (exact) mass is 313 g/mol. The van der Waals surface area contributed by atoms with Crippen molar-refractivity contribution in [3.63, 3.8) is 0 Å². The van der Waals surface area contributed by atoms with Crippen LogP contribution in [0.25, 0.3) is 10.9 Å². The summed E-state index contributed by atoms with van der Waals surface area (Å²) in [5.41, 5.74) is 1.71. The second-order valence-corrected chi connectivity index (χ2v) is 6.83. The van der Waals surface area contributed by atoms with Gasteiger partial charge in [0.25, 0.3) is 0 Å². The Bertz CT molecular complexity index is 701. The summed E-state index contributed by atoms with van der Waals surface area (Å²) in [7, 11) is 0. The molecule has 0 radical (unpaired) electrons. The van der Waals surface area contributed by atoms with Crippen molar-refractivity contribution < 1.29 is 9.53 Å². The highest BCUT2D eigenvalue weighted by Crippen LogP contribution is 2.22. The number of rotatable bonds is 1. The molecule has 0 spiro atoms. The molecule has 0 N–H and O–H groups in total. The maximum Gasteiger partial charge on any atom is 0.410 e. The van der Waals surface area contributed by atoms with Crippen LogP contribution in [0.2, 0.25) is 0 Å². The van der Waals surface area contributed by atoms with Crippen molar-refractivity contribution in [3.8, 4) is 0 Å². The Hall–Kier alpha value is -2.30. The van der Waals surface area contributed by atoms with Gasteiger partial charge >= 0.3 is 6.09 Å². The average molecular weight is 313 g/mol. The van der Waals surface area contributed by atoms with E-state index in [-0.39, 0.29) is 6.09 Å². The molecule has 2 aromatic rings. The number of pyridine rings is 1. The number of fused-ring (bicyclic) bond motifs is 1. The Kier molecular flexibility index (Phi) is 4.11. The van der Waals surface area contributed by atoms with Gasteiger partial charge in [-0.15, -0.1) is 0 Å². The van der Waals surface area contributed by atoms with Gasteiger partial charge in [0.05, 0.1) is 5.52 Å². The lowest BCUT2D eigenvalue weighted by Crippen LogP contribution is -2.50. The van der Waals surface area contributed by atoms with Gasteiger partial charge in [0.1, 0.15) is 5.60 Å². The summed E-state index contributed by atoms with van der Waals surface area (Å²) in [6.45, 7) is 8.63. The molecule has 0 bridgehead atoms. The molecule has 1 aromatic heterocycles. The van der Waals surface area contributed by atoms with Crippen LogP contribution < -0.4 is 4.90 Å². The number of nitrogens with zero attached hydrogens (tertiary/aromatic N) is 3. The highest BCUT2D eigenvalue weighted by Gasteiger charge is 2.25. The minimum absolute atomic E-state index is 0.225. The van der Waals surface area contributed by atoms with Crippen molar-refractivity contribution >= 4 is 22.7 Å². The van der Waals surface area contributed by atoms with E-state index in [1.54, 1.807) is 4.90 Å². The molecule has 0 aliphatic carbocycles.